The van der Waals surface area contributed by atoms with Gasteiger partial charge < -0.3 is 10.1 Å². The molecule has 5 heteroatoms. The highest BCUT2D eigenvalue weighted by atomic mass is 79.9. The van der Waals surface area contributed by atoms with Crippen LogP contribution in [0.3, 0.4) is 0 Å². The van der Waals surface area contributed by atoms with Gasteiger partial charge in [0.2, 0.25) is 5.06 Å². The lowest BCUT2D eigenvalue weighted by Crippen LogP contribution is -2.28. The molecule has 1 amide bonds. The van der Waals surface area contributed by atoms with E-state index in [2.05, 4.69) is 35.1 Å². The quantitative estimate of drug-likeness (QED) is 0.920. The van der Waals surface area contributed by atoms with Gasteiger partial charge in [-0.1, -0.05) is 13.8 Å². The van der Waals surface area contributed by atoms with E-state index in [4.69, 9.17) is 4.74 Å². The van der Waals surface area contributed by atoms with Gasteiger partial charge in [0.25, 0.3) is 0 Å². The number of halogens is 1. The van der Waals surface area contributed by atoms with Crippen molar-refractivity contribution in [3.8, 4) is 5.06 Å². The van der Waals surface area contributed by atoms with E-state index in [1.807, 2.05) is 11.4 Å². The first kappa shape index (κ1) is 12.5. The maximum atomic E-state index is 11.3. The van der Waals surface area contributed by atoms with Crippen molar-refractivity contribution in [2.45, 2.75) is 20.3 Å². The predicted octanol–water partition coefficient (Wildman–Crippen LogP) is 3.65. The van der Waals surface area contributed by atoms with E-state index < -0.39 is 0 Å². The number of nitrogens with one attached hydrogen (secondary N) is 1. The lowest BCUT2D eigenvalue weighted by Gasteiger charge is -2.06. The summed E-state index contributed by atoms with van der Waals surface area (Å²) in [7, 11) is 0. The SMILES string of the molecule is CC(C)CCNC(=O)Oc1sccc1Br. The van der Waals surface area contributed by atoms with Crippen LogP contribution < -0.4 is 10.1 Å². The molecule has 1 aromatic rings. The average Bonchev–Trinajstić information content (AvgIpc) is 2.51. The lowest BCUT2D eigenvalue weighted by molar-refractivity contribution is 0.201. The summed E-state index contributed by atoms with van der Waals surface area (Å²) in [6.07, 6.45) is 0.569. The molecule has 0 unspecified atom stereocenters. The van der Waals surface area contributed by atoms with E-state index >= 15 is 0 Å². The van der Waals surface area contributed by atoms with Crippen molar-refractivity contribution < 1.29 is 9.53 Å². The molecule has 0 fully saturated rings. The van der Waals surface area contributed by atoms with Gasteiger partial charge in [0.15, 0.2) is 0 Å². The third kappa shape index (κ3) is 4.66. The fourth-order valence-electron chi connectivity index (χ4n) is 0.936. The lowest BCUT2D eigenvalue weighted by atomic mass is 10.1. The van der Waals surface area contributed by atoms with Gasteiger partial charge in [0, 0.05) is 6.54 Å². The van der Waals surface area contributed by atoms with Crippen LogP contribution in [-0.2, 0) is 0 Å². The number of carbonyl (C=O) groups is 1. The maximum absolute atomic E-state index is 11.3. The molecule has 1 aromatic heterocycles. The van der Waals surface area contributed by atoms with Crippen molar-refractivity contribution in [2.24, 2.45) is 5.92 Å². The zero-order valence-electron chi connectivity index (χ0n) is 8.75. The second-order valence-corrected chi connectivity index (χ2v) is 5.29. The number of rotatable bonds is 4. The van der Waals surface area contributed by atoms with Gasteiger partial charge in [-0.25, -0.2) is 4.79 Å². The second-order valence-electron chi connectivity index (χ2n) is 3.55. The molecule has 0 aromatic carbocycles. The van der Waals surface area contributed by atoms with E-state index in [1.165, 1.54) is 11.3 Å². The van der Waals surface area contributed by atoms with Crippen LogP contribution >= 0.6 is 27.3 Å². The Kier molecular flexibility index (Phi) is 5.11. The van der Waals surface area contributed by atoms with Gasteiger partial charge >= 0.3 is 6.09 Å². The molecule has 0 spiro atoms. The van der Waals surface area contributed by atoms with Crippen molar-refractivity contribution in [2.75, 3.05) is 6.54 Å². The van der Waals surface area contributed by atoms with Crippen LogP contribution in [-0.4, -0.2) is 12.6 Å². The van der Waals surface area contributed by atoms with Gasteiger partial charge in [-0.2, -0.15) is 0 Å². The first-order valence-corrected chi connectivity index (χ1v) is 6.45. The van der Waals surface area contributed by atoms with E-state index in [0.717, 1.165) is 10.9 Å². The number of hydrogen-bond acceptors (Lipinski definition) is 3. The van der Waals surface area contributed by atoms with Gasteiger partial charge in [-0.15, -0.1) is 11.3 Å². The fourth-order valence-corrected chi connectivity index (χ4v) is 2.24. The Labute approximate surface area is 102 Å². The highest BCUT2D eigenvalue weighted by Gasteiger charge is 2.08. The van der Waals surface area contributed by atoms with E-state index in [9.17, 15) is 4.79 Å². The van der Waals surface area contributed by atoms with Crippen LogP contribution in [0.5, 0.6) is 5.06 Å². The largest absolute Gasteiger partial charge is 0.413 e. The highest BCUT2D eigenvalue weighted by Crippen LogP contribution is 2.30. The summed E-state index contributed by atoms with van der Waals surface area (Å²) in [4.78, 5) is 11.3. The molecule has 15 heavy (non-hydrogen) atoms. The summed E-state index contributed by atoms with van der Waals surface area (Å²) in [5.41, 5.74) is 0. The minimum Gasteiger partial charge on any atom is -0.398 e. The summed E-state index contributed by atoms with van der Waals surface area (Å²) < 4.78 is 5.90. The Morgan fingerprint density at radius 3 is 2.93 bits per heavy atom. The Morgan fingerprint density at radius 1 is 1.67 bits per heavy atom. The fraction of sp³-hybridized carbons (Fsp3) is 0.500. The summed E-state index contributed by atoms with van der Waals surface area (Å²) in [6.45, 7) is 4.88. The molecule has 3 nitrogen and oxygen atoms in total. The monoisotopic (exact) mass is 291 g/mol. The summed E-state index contributed by atoms with van der Waals surface area (Å²) in [6, 6.07) is 1.85. The number of thiophene rings is 1. The minimum atomic E-state index is -0.390. The molecular formula is C10H14BrNO2S. The molecule has 0 bridgehead atoms. The van der Waals surface area contributed by atoms with Gasteiger partial charge in [0.1, 0.15) is 0 Å². The van der Waals surface area contributed by atoms with Gasteiger partial charge in [-0.05, 0) is 39.7 Å². The molecule has 1 rings (SSSR count). The van der Waals surface area contributed by atoms with Gasteiger partial charge in [-0.3, -0.25) is 0 Å². The standard InChI is InChI=1S/C10H14BrNO2S/c1-7(2)3-5-12-10(13)14-9-8(11)4-6-15-9/h4,6-7H,3,5H2,1-2H3,(H,12,13). The molecule has 0 atom stereocenters. The summed E-state index contributed by atoms with van der Waals surface area (Å²) in [5.74, 6) is 0.582. The van der Waals surface area contributed by atoms with Crippen molar-refractivity contribution >= 4 is 33.4 Å². The van der Waals surface area contributed by atoms with Crippen LogP contribution in [0.25, 0.3) is 0 Å². The molecule has 0 aliphatic heterocycles. The third-order valence-electron chi connectivity index (χ3n) is 1.76. The molecule has 0 saturated carbocycles. The third-order valence-corrected chi connectivity index (χ3v) is 3.44. The first-order valence-electron chi connectivity index (χ1n) is 4.78. The number of amides is 1. The molecule has 0 saturated heterocycles. The molecule has 0 radical (unpaired) electrons. The molecule has 84 valence electrons. The molecular weight excluding hydrogens is 278 g/mol. The normalized spacial score (nSPS) is 10.4. The number of ether oxygens (including phenoxy) is 1. The van der Waals surface area contributed by atoms with E-state index in [1.54, 1.807) is 0 Å². The first-order chi connectivity index (χ1) is 7.09. The van der Waals surface area contributed by atoms with Crippen LogP contribution in [0.2, 0.25) is 0 Å². The number of hydrogen-bond donors (Lipinski definition) is 1. The Balaban J connectivity index is 2.28. The van der Waals surface area contributed by atoms with Crippen molar-refractivity contribution in [3.05, 3.63) is 15.9 Å². The van der Waals surface area contributed by atoms with Crippen LogP contribution in [0, 0.1) is 5.92 Å². The van der Waals surface area contributed by atoms with Crippen molar-refractivity contribution in [3.63, 3.8) is 0 Å². The van der Waals surface area contributed by atoms with Crippen LogP contribution in [0.15, 0.2) is 15.9 Å². The molecule has 1 N–H and O–H groups in total. The number of carbonyl (C=O) groups excluding carboxylic acids is 1. The molecule has 0 aliphatic carbocycles. The molecule has 1 heterocycles. The zero-order chi connectivity index (χ0) is 11.3. The maximum Gasteiger partial charge on any atom is 0.413 e. The van der Waals surface area contributed by atoms with E-state index in [0.29, 0.717) is 17.5 Å². The highest BCUT2D eigenvalue weighted by molar-refractivity contribution is 9.10. The zero-order valence-corrected chi connectivity index (χ0v) is 11.2. The molecule has 0 aliphatic rings. The summed E-state index contributed by atoms with van der Waals surface area (Å²) >= 11 is 4.68. The topological polar surface area (TPSA) is 38.3 Å². The van der Waals surface area contributed by atoms with Crippen molar-refractivity contribution in [1.29, 1.82) is 0 Å². The summed E-state index contributed by atoms with van der Waals surface area (Å²) in [5, 5.41) is 5.16. The van der Waals surface area contributed by atoms with Crippen molar-refractivity contribution in [1.82, 2.24) is 5.32 Å². The Morgan fingerprint density at radius 2 is 2.40 bits per heavy atom. The Hall–Kier alpha value is -0.550. The van der Waals surface area contributed by atoms with Crippen LogP contribution in [0.4, 0.5) is 4.79 Å². The Bertz CT molecular complexity index is 325. The second kappa shape index (κ2) is 6.12. The van der Waals surface area contributed by atoms with Crippen LogP contribution in [0.1, 0.15) is 20.3 Å². The predicted molar refractivity (Wildman–Crippen MR) is 65.5 cm³/mol. The average molecular weight is 292 g/mol. The van der Waals surface area contributed by atoms with E-state index in [-0.39, 0.29) is 6.09 Å². The minimum absolute atomic E-state index is 0.390. The van der Waals surface area contributed by atoms with Gasteiger partial charge in [0.05, 0.1) is 4.47 Å². The smallest absolute Gasteiger partial charge is 0.398 e.